The Morgan fingerprint density at radius 1 is 0.595 bits per heavy atom. The fourth-order valence-corrected chi connectivity index (χ4v) is 6.12. The smallest absolute Gasteiger partial charge is 0.190 e. The van der Waals surface area contributed by atoms with Gasteiger partial charge in [-0.15, -0.1) is 0 Å². The van der Waals surface area contributed by atoms with Crippen molar-refractivity contribution in [2.24, 2.45) is 0 Å². The van der Waals surface area contributed by atoms with Gasteiger partial charge in [-0.3, -0.25) is 4.79 Å². The molecule has 2 heterocycles. The minimum atomic E-state index is 0. The van der Waals surface area contributed by atoms with Crippen molar-refractivity contribution in [3.05, 3.63) is 65.1 Å². The van der Waals surface area contributed by atoms with E-state index in [0.29, 0.717) is 0 Å². The van der Waals surface area contributed by atoms with E-state index in [2.05, 4.69) is 59.6 Å². The van der Waals surface area contributed by atoms with Gasteiger partial charge >= 0.3 is 0 Å². The van der Waals surface area contributed by atoms with E-state index in [1.807, 2.05) is 18.2 Å². The van der Waals surface area contributed by atoms with Crippen LogP contribution in [0.5, 0.6) is 0 Å². The molecule has 0 fully saturated rings. The lowest BCUT2D eigenvalue weighted by molar-refractivity contribution is -0.697. The van der Waals surface area contributed by atoms with Gasteiger partial charge in [0.2, 0.25) is 0 Å². The van der Waals surface area contributed by atoms with Crippen molar-refractivity contribution in [2.45, 2.75) is 155 Å². The Hall–Kier alpha value is -1.94. The minimum Gasteiger partial charge on any atom is -1.00 e. The Balaban J connectivity index is 0.00000616. The van der Waals surface area contributed by atoms with E-state index in [0.717, 1.165) is 41.7 Å². The summed E-state index contributed by atoms with van der Waals surface area (Å²) >= 11 is 0. The zero-order valence-corrected chi connectivity index (χ0v) is 28.5. The summed E-state index contributed by atoms with van der Waals surface area (Å²) in [6, 6.07) is 14.4. The lowest BCUT2D eigenvalue weighted by atomic mass is 10.1. The van der Waals surface area contributed by atoms with Crippen LogP contribution in [-0.4, -0.2) is 4.57 Å². The number of unbranched alkanes of at least 4 members (excludes halogenated alkanes) is 18. The maximum Gasteiger partial charge on any atom is 0.190 e. The molecule has 0 radical (unpaired) electrons. The zero-order valence-electron chi connectivity index (χ0n) is 26.9. The maximum absolute atomic E-state index is 13.0. The fourth-order valence-electron chi connectivity index (χ4n) is 6.12. The van der Waals surface area contributed by atoms with Crippen molar-refractivity contribution in [1.82, 2.24) is 4.57 Å². The van der Waals surface area contributed by atoms with Gasteiger partial charge in [-0.1, -0.05) is 135 Å². The molecule has 0 aliphatic carbocycles. The number of nitrogens with zero attached hydrogens (tertiary/aromatic N) is 2. The third-order valence-corrected chi connectivity index (χ3v) is 8.71. The molecule has 0 amide bonds. The first-order valence-electron chi connectivity index (χ1n) is 17.4. The maximum atomic E-state index is 13.0. The van der Waals surface area contributed by atoms with E-state index >= 15 is 0 Å². The fraction of sp³-hybridized carbons (Fsp3) is 0.632. The number of fused-ring (bicyclic) bond motifs is 1. The van der Waals surface area contributed by atoms with Crippen LogP contribution in [0, 0.1) is 0 Å². The number of benzene rings is 1. The molecule has 0 saturated heterocycles. The first-order valence-corrected chi connectivity index (χ1v) is 17.4. The van der Waals surface area contributed by atoms with Crippen LogP contribution in [0.1, 0.15) is 142 Å². The van der Waals surface area contributed by atoms with Gasteiger partial charge in [0.25, 0.3) is 0 Å². The van der Waals surface area contributed by atoms with Gasteiger partial charge in [0, 0.05) is 42.1 Å². The molecule has 0 saturated carbocycles. The van der Waals surface area contributed by atoms with Crippen LogP contribution in [0.2, 0.25) is 0 Å². The van der Waals surface area contributed by atoms with E-state index in [4.69, 9.17) is 0 Å². The molecule has 0 bridgehead atoms. The molecule has 3 rings (SSSR count). The highest BCUT2D eigenvalue weighted by Gasteiger charge is 2.12. The molecule has 3 aromatic rings. The van der Waals surface area contributed by atoms with Gasteiger partial charge < -0.3 is 21.5 Å². The monoisotopic (exact) mass is 638 g/mol. The molecule has 0 aliphatic heterocycles. The van der Waals surface area contributed by atoms with E-state index in [9.17, 15) is 4.79 Å². The lowest BCUT2D eigenvalue weighted by Gasteiger charge is -2.17. The van der Waals surface area contributed by atoms with E-state index in [1.54, 1.807) is 0 Å². The van der Waals surface area contributed by atoms with Crippen molar-refractivity contribution < 1.29 is 21.5 Å². The zero-order chi connectivity index (χ0) is 29.0. The Kier molecular flexibility index (Phi) is 19.5. The molecule has 0 aliphatic rings. The van der Waals surface area contributed by atoms with Crippen LogP contribution in [0.25, 0.3) is 22.2 Å². The molecular formula is C38H59BrN2O. The Bertz CT molecular complexity index is 1150. The highest BCUT2D eigenvalue weighted by molar-refractivity contribution is 5.82. The van der Waals surface area contributed by atoms with Crippen LogP contribution in [0.4, 0.5) is 0 Å². The van der Waals surface area contributed by atoms with Crippen LogP contribution < -0.4 is 27.0 Å². The SMILES string of the molecule is CCCCCCCCCCCCn1c(-c2cc[n+](CCCCCCCCCCCC)cc2)cc(=O)c2ccccc21.[Br-]. The molecule has 0 spiro atoms. The van der Waals surface area contributed by atoms with Gasteiger partial charge in [-0.2, -0.15) is 0 Å². The molecular weight excluding hydrogens is 580 g/mol. The average molecular weight is 640 g/mol. The Morgan fingerprint density at radius 3 is 1.62 bits per heavy atom. The average Bonchev–Trinajstić information content (AvgIpc) is 3.00. The van der Waals surface area contributed by atoms with Crippen molar-refractivity contribution >= 4 is 10.9 Å². The summed E-state index contributed by atoms with van der Waals surface area (Å²) in [6.07, 6.45) is 31.4. The van der Waals surface area contributed by atoms with Crippen molar-refractivity contribution in [3.63, 3.8) is 0 Å². The normalized spacial score (nSPS) is 11.2. The van der Waals surface area contributed by atoms with Crippen molar-refractivity contribution in [3.8, 4) is 11.3 Å². The standard InChI is InChI=1S/C38H59N2O.BrH/c1-3-5-7-9-11-13-15-17-19-23-29-39-31-27-34(28-32-39)37-33-38(41)35-25-21-22-26-36(35)40(37)30-24-20-18-16-14-12-10-8-6-4-2;/h21-22,25-28,31-33H,3-20,23-24,29-30H2,1-2H3;1H/q+1;/p-1. The molecule has 0 unspecified atom stereocenters. The van der Waals surface area contributed by atoms with Crippen molar-refractivity contribution in [1.29, 1.82) is 0 Å². The summed E-state index contributed by atoms with van der Waals surface area (Å²) in [5.41, 5.74) is 3.37. The minimum absolute atomic E-state index is 0. The van der Waals surface area contributed by atoms with Crippen LogP contribution in [-0.2, 0) is 13.1 Å². The second-order valence-electron chi connectivity index (χ2n) is 12.3. The summed E-state index contributed by atoms with van der Waals surface area (Å²) in [5, 5.41) is 0.829. The van der Waals surface area contributed by atoms with E-state index < -0.39 is 0 Å². The van der Waals surface area contributed by atoms with E-state index in [1.165, 1.54) is 122 Å². The van der Waals surface area contributed by atoms with Gasteiger partial charge in [-0.05, 0) is 25.0 Å². The third-order valence-electron chi connectivity index (χ3n) is 8.71. The molecule has 0 N–H and O–H groups in total. The van der Waals surface area contributed by atoms with Crippen molar-refractivity contribution in [2.75, 3.05) is 0 Å². The molecule has 4 heteroatoms. The van der Waals surface area contributed by atoms with Crippen LogP contribution in [0.15, 0.2) is 59.7 Å². The van der Waals surface area contributed by atoms with Crippen LogP contribution in [0.3, 0.4) is 0 Å². The molecule has 0 atom stereocenters. The highest BCUT2D eigenvalue weighted by atomic mass is 79.9. The van der Waals surface area contributed by atoms with Gasteiger partial charge in [0.15, 0.2) is 17.8 Å². The number of aromatic nitrogens is 2. The largest absolute Gasteiger partial charge is 1.00 e. The van der Waals surface area contributed by atoms with Gasteiger partial charge in [0.1, 0.15) is 6.54 Å². The second kappa shape index (κ2) is 22.6. The highest BCUT2D eigenvalue weighted by Crippen LogP contribution is 2.23. The molecule has 3 nitrogen and oxygen atoms in total. The first-order chi connectivity index (χ1) is 20.2. The molecule has 2 aromatic heterocycles. The molecule has 42 heavy (non-hydrogen) atoms. The Morgan fingerprint density at radius 2 is 1.07 bits per heavy atom. The third kappa shape index (κ3) is 13.1. The summed E-state index contributed by atoms with van der Waals surface area (Å²) in [5.74, 6) is 0. The number of halogens is 1. The number of hydrogen-bond acceptors (Lipinski definition) is 1. The summed E-state index contributed by atoms with van der Waals surface area (Å²) in [7, 11) is 0. The topological polar surface area (TPSA) is 25.9 Å². The number of hydrogen-bond donors (Lipinski definition) is 0. The summed E-state index contributed by atoms with van der Waals surface area (Å²) in [6.45, 7) is 6.60. The number of aryl methyl sites for hydroxylation is 2. The summed E-state index contributed by atoms with van der Waals surface area (Å²) < 4.78 is 4.70. The number of para-hydroxylation sites is 1. The predicted molar refractivity (Wildman–Crippen MR) is 178 cm³/mol. The van der Waals surface area contributed by atoms with E-state index in [-0.39, 0.29) is 22.4 Å². The summed E-state index contributed by atoms with van der Waals surface area (Å²) in [4.78, 5) is 13.0. The van der Waals surface area contributed by atoms with Gasteiger partial charge in [0.05, 0.1) is 11.2 Å². The quantitative estimate of drug-likeness (QED) is 0.0768. The molecule has 234 valence electrons. The Labute approximate surface area is 267 Å². The second-order valence-corrected chi connectivity index (χ2v) is 12.3. The number of rotatable bonds is 23. The lowest BCUT2D eigenvalue weighted by Crippen LogP contribution is -3.00. The predicted octanol–water partition coefficient (Wildman–Crippen LogP) is 7.80. The first kappa shape index (κ1) is 36.3. The number of pyridine rings is 2. The van der Waals surface area contributed by atoms with Crippen LogP contribution >= 0.6 is 0 Å². The molecule has 1 aromatic carbocycles. The van der Waals surface area contributed by atoms with Gasteiger partial charge in [-0.25, -0.2) is 4.57 Å².